The third kappa shape index (κ3) is 5.92. The predicted molar refractivity (Wildman–Crippen MR) is 110 cm³/mol. The van der Waals surface area contributed by atoms with E-state index in [0.29, 0.717) is 17.8 Å². The summed E-state index contributed by atoms with van der Waals surface area (Å²) in [5.41, 5.74) is -1.72. The molecule has 0 aliphatic heterocycles. The molecule has 0 saturated heterocycles. The van der Waals surface area contributed by atoms with Gasteiger partial charge in [0, 0.05) is 17.3 Å². The molecule has 0 fully saturated rings. The van der Waals surface area contributed by atoms with E-state index < -0.39 is 46.1 Å². The summed E-state index contributed by atoms with van der Waals surface area (Å²) in [5.74, 6) is -1.63. The van der Waals surface area contributed by atoms with Crippen molar-refractivity contribution in [3.05, 3.63) is 88.1 Å². The van der Waals surface area contributed by atoms with Gasteiger partial charge in [-0.1, -0.05) is 37.7 Å². The van der Waals surface area contributed by atoms with Crippen LogP contribution in [0.2, 0.25) is 0 Å². The molecule has 1 aromatic heterocycles. The van der Waals surface area contributed by atoms with Crippen LogP contribution in [0.3, 0.4) is 0 Å². The zero-order chi connectivity index (χ0) is 24.2. The van der Waals surface area contributed by atoms with Gasteiger partial charge in [0.15, 0.2) is 0 Å². The standard InChI is InChI=1S/C25H18F7N/c1-2-3-4-5-15-7-9-23(33-14-15)17-12-19(26)18(20(27)13-17)8-6-16-10-21(28)24(22(29)11-16)25(30,31)32/h7,9-14H,2-5H2,1H3. The largest absolute Gasteiger partial charge is 0.422 e. The summed E-state index contributed by atoms with van der Waals surface area (Å²) < 4.78 is 94.3. The van der Waals surface area contributed by atoms with Crippen molar-refractivity contribution in [2.45, 2.75) is 38.8 Å². The number of hydrogen-bond acceptors (Lipinski definition) is 1. The number of hydrogen-bond donors (Lipinski definition) is 0. The predicted octanol–water partition coefficient (Wildman–Crippen LogP) is 7.46. The highest BCUT2D eigenvalue weighted by Crippen LogP contribution is 2.34. The van der Waals surface area contributed by atoms with E-state index in [1.54, 1.807) is 12.3 Å². The van der Waals surface area contributed by atoms with Crippen LogP contribution in [0.25, 0.3) is 11.3 Å². The van der Waals surface area contributed by atoms with Gasteiger partial charge in [-0.2, -0.15) is 13.2 Å². The van der Waals surface area contributed by atoms with Gasteiger partial charge < -0.3 is 0 Å². The Morgan fingerprint density at radius 2 is 1.45 bits per heavy atom. The Hall–Kier alpha value is -3.34. The molecule has 33 heavy (non-hydrogen) atoms. The van der Waals surface area contributed by atoms with Crippen LogP contribution < -0.4 is 0 Å². The highest BCUT2D eigenvalue weighted by atomic mass is 19.4. The first-order valence-electron chi connectivity index (χ1n) is 10.1. The number of aromatic nitrogens is 1. The Labute approximate surface area is 186 Å². The van der Waals surface area contributed by atoms with Crippen LogP contribution in [-0.2, 0) is 12.6 Å². The van der Waals surface area contributed by atoms with Gasteiger partial charge in [-0.3, -0.25) is 4.98 Å². The third-order valence-corrected chi connectivity index (χ3v) is 4.89. The number of unbranched alkanes of at least 4 members (excludes halogenated alkanes) is 2. The van der Waals surface area contributed by atoms with Crippen LogP contribution in [0.4, 0.5) is 30.7 Å². The van der Waals surface area contributed by atoms with Crippen molar-refractivity contribution in [3.8, 4) is 23.1 Å². The maximum atomic E-state index is 14.5. The quantitative estimate of drug-likeness (QED) is 0.217. The molecule has 0 atom stereocenters. The average Bonchev–Trinajstić information content (AvgIpc) is 2.72. The molecule has 1 heterocycles. The molecular weight excluding hydrogens is 447 g/mol. The molecule has 0 amide bonds. The second-order valence-corrected chi connectivity index (χ2v) is 7.39. The number of aryl methyl sites for hydroxylation is 1. The van der Waals surface area contributed by atoms with Gasteiger partial charge >= 0.3 is 6.18 Å². The van der Waals surface area contributed by atoms with Gasteiger partial charge in [0.25, 0.3) is 0 Å². The molecule has 0 saturated carbocycles. The summed E-state index contributed by atoms with van der Waals surface area (Å²) in [6.45, 7) is 2.10. The SMILES string of the molecule is CCCCCc1ccc(-c2cc(F)c(C#Cc3cc(F)c(C(F)(F)F)c(F)c3)c(F)c2)nc1. The summed E-state index contributed by atoms with van der Waals surface area (Å²) in [6.07, 6.45) is 0.455. The monoisotopic (exact) mass is 465 g/mol. The number of alkyl halides is 3. The Balaban J connectivity index is 1.86. The number of pyridine rings is 1. The molecule has 0 aliphatic rings. The van der Waals surface area contributed by atoms with Crippen molar-refractivity contribution in [2.24, 2.45) is 0 Å². The van der Waals surface area contributed by atoms with Gasteiger partial charge in [0.1, 0.15) is 28.8 Å². The van der Waals surface area contributed by atoms with E-state index in [4.69, 9.17) is 0 Å². The highest BCUT2D eigenvalue weighted by Gasteiger charge is 2.37. The Morgan fingerprint density at radius 1 is 0.818 bits per heavy atom. The van der Waals surface area contributed by atoms with E-state index >= 15 is 0 Å². The van der Waals surface area contributed by atoms with Crippen molar-refractivity contribution >= 4 is 0 Å². The average molecular weight is 465 g/mol. The van der Waals surface area contributed by atoms with Crippen LogP contribution >= 0.6 is 0 Å². The topological polar surface area (TPSA) is 12.9 Å². The van der Waals surface area contributed by atoms with E-state index in [1.165, 1.54) is 0 Å². The van der Waals surface area contributed by atoms with Crippen LogP contribution in [0, 0.1) is 35.1 Å². The Morgan fingerprint density at radius 3 is 1.97 bits per heavy atom. The first-order valence-corrected chi connectivity index (χ1v) is 10.1. The normalized spacial score (nSPS) is 11.3. The molecule has 172 valence electrons. The lowest BCUT2D eigenvalue weighted by Crippen LogP contribution is -2.11. The van der Waals surface area contributed by atoms with Crippen molar-refractivity contribution in [1.82, 2.24) is 4.98 Å². The van der Waals surface area contributed by atoms with Gasteiger partial charge in [0.2, 0.25) is 0 Å². The van der Waals surface area contributed by atoms with E-state index in [9.17, 15) is 30.7 Å². The maximum Gasteiger partial charge on any atom is 0.422 e. The fraction of sp³-hybridized carbons (Fsp3) is 0.240. The third-order valence-electron chi connectivity index (χ3n) is 4.89. The number of rotatable bonds is 5. The minimum absolute atomic E-state index is 0.169. The van der Waals surface area contributed by atoms with Crippen molar-refractivity contribution in [1.29, 1.82) is 0 Å². The summed E-state index contributed by atoms with van der Waals surface area (Å²) in [7, 11) is 0. The van der Waals surface area contributed by atoms with Crippen molar-refractivity contribution in [2.75, 3.05) is 0 Å². The molecule has 0 aliphatic carbocycles. The smallest absolute Gasteiger partial charge is 0.256 e. The first kappa shape index (κ1) is 24.3. The summed E-state index contributed by atoms with van der Waals surface area (Å²) >= 11 is 0. The van der Waals surface area contributed by atoms with E-state index in [0.717, 1.165) is 43.4 Å². The van der Waals surface area contributed by atoms with Gasteiger partial charge in [-0.15, -0.1) is 0 Å². The van der Waals surface area contributed by atoms with Crippen molar-refractivity contribution in [3.63, 3.8) is 0 Å². The molecule has 0 bridgehead atoms. The lowest BCUT2D eigenvalue weighted by atomic mass is 10.0. The molecule has 3 aromatic rings. The Bertz CT molecular complexity index is 1160. The summed E-state index contributed by atoms with van der Waals surface area (Å²) in [4.78, 5) is 4.24. The van der Waals surface area contributed by atoms with E-state index in [2.05, 4.69) is 23.7 Å². The molecule has 3 rings (SSSR count). The summed E-state index contributed by atoms with van der Waals surface area (Å²) in [6, 6.07) is 6.22. The second-order valence-electron chi connectivity index (χ2n) is 7.39. The lowest BCUT2D eigenvalue weighted by Gasteiger charge is -2.09. The first-order chi connectivity index (χ1) is 15.6. The fourth-order valence-electron chi connectivity index (χ4n) is 3.21. The zero-order valence-electron chi connectivity index (χ0n) is 17.5. The molecule has 1 nitrogen and oxygen atoms in total. The molecular formula is C25H18F7N. The maximum absolute atomic E-state index is 14.5. The van der Waals surface area contributed by atoms with Crippen LogP contribution in [0.15, 0.2) is 42.6 Å². The van der Waals surface area contributed by atoms with Gasteiger partial charge in [-0.05, 0) is 48.7 Å². The van der Waals surface area contributed by atoms with E-state index in [-0.39, 0.29) is 5.56 Å². The fourth-order valence-corrected chi connectivity index (χ4v) is 3.21. The highest BCUT2D eigenvalue weighted by molar-refractivity contribution is 5.61. The molecule has 8 heteroatoms. The molecule has 0 spiro atoms. The number of halogens is 7. The van der Waals surface area contributed by atoms with Crippen LogP contribution in [0.5, 0.6) is 0 Å². The number of benzene rings is 2. The number of nitrogens with zero attached hydrogens (tertiary/aromatic N) is 1. The lowest BCUT2D eigenvalue weighted by molar-refractivity contribution is -0.142. The van der Waals surface area contributed by atoms with Gasteiger partial charge in [-0.25, -0.2) is 17.6 Å². The minimum atomic E-state index is -5.23. The molecule has 0 N–H and O–H groups in total. The minimum Gasteiger partial charge on any atom is -0.256 e. The zero-order valence-corrected chi connectivity index (χ0v) is 17.5. The van der Waals surface area contributed by atoms with E-state index in [1.807, 2.05) is 6.07 Å². The molecule has 0 unspecified atom stereocenters. The summed E-state index contributed by atoms with van der Waals surface area (Å²) in [5, 5.41) is 0. The van der Waals surface area contributed by atoms with Gasteiger partial charge in [0.05, 0.1) is 11.3 Å². The molecule has 2 aromatic carbocycles. The second kappa shape index (κ2) is 10.1. The van der Waals surface area contributed by atoms with Crippen LogP contribution in [0.1, 0.15) is 48.4 Å². The molecule has 0 radical (unpaired) electrons. The Kier molecular flexibility index (Phi) is 7.42. The van der Waals surface area contributed by atoms with Crippen LogP contribution in [-0.4, -0.2) is 4.98 Å². The van der Waals surface area contributed by atoms with Crippen molar-refractivity contribution < 1.29 is 30.7 Å².